The number of fused-ring (bicyclic) bond motifs is 2. The van der Waals surface area contributed by atoms with Gasteiger partial charge in [-0.15, -0.1) is 0 Å². The molecule has 1 aromatic carbocycles. The third-order valence-corrected chi connectivity index (χ3v) is 6.66. The van der Waals surface area contributed by atoms with Gasteiger partial charge in [-0.25, -0.2) is 0 Å². The molecule has 0 radical (unpaired) electrons. The number of ether oxygens (including phenoxy) is 3. The fourth-order valence-electron chi connectivity index (χ4n) is 4.79. The number of likely N-dealkylation sites (N-methyl/N-ethyl adjacent to an activating group) is 1. The van der Waals surface area contributed by atoms with Gasteiger partial charge in [0.2, 0.25) is 11.8 Å². The number of nitrogens with one attached hydrogen (secondary N) is 2. The molecular formula is C24H33N3O6. The Morgan fingerprint density at radius 1 is 1.15 bits per heavy atom. The highest BCUT2D eigenvalue weighted by Crippen LogP contribution is 2.32. The number of carbonyl (C=O) groups is 3. The van der Waals surface area contributed by atoms with E-state index in [1.807, 2.05) is 6.92 Å². The van der Waals surface area contributed by atoms with Gasteiger partial charge in [-0.2, -0.15) is 0 Å². The van der Waals surface area contributed by atoms with Crippen molar-refractivity contribution in [3.63, 3.8) is 0 Å². The molecule has 2 fully saturated rings. The Morgan fingerprint density at radius 3 is 2.70 bits per heavy atom. The van der Waals surface area contributed by atoms with E-state index in [2.05, 4.69) is 10.6 Å². The molecule has 0 spiro atoms. The van der Waals surface area contributed by atoms with Crippen molar-refractivity contribution in [3.8, 4) is 5.75 Å². The molecule has 2 saturated heterocycles. The summed E-state index contributed by atoms with van der Waals surface area (Å²) >= 11 is 0. The summed E-state index contributed by atoms with van der Waals surface area (Å²) in [4.78, 5) is 39.6. The van der Waals surface area contributed by atoms with E-state index in [9.17, 15) is 14.4 Å². The van der Waals surface area contributed by atoms with Crippen LogP contribution < -0.4 is 15.4 Å². The molecule has 9 nitrogen and oxygen atoms in total. The van der Waals surface area contributed by atoms with Gasteiger partial charge in [0.1, 0.15) is 18.5 Å². The van der Waals surface area contributed by atoms with Crippen LogP contribution in [0.2, 0.25) is 0 Å². The molecule has 180 valence electrons. The van der Waals surface area contributed by atoms with Crippen LogP contribution in [0.15, 0.2) is 18.2 Å². The van der Waals surface area contributed by atoms with Crippen molar-refractivity contribution in [2.24, 2.45) is 5.92 Å². The second kappa shape index (κ2) is 10.5. The topological polar surface area (TPSA) is 106 Å². The Morgan fingerprint density at radius 2 is 1.94 bits per heavy atom. The summed E-state index contributed by atoms with van der Waals surface area (Å²) in [6.45, 7) is 3.95. The van der Waals surface area contributed by atoms with Gasteiger partial charge in [-0.05, 0) is 50.8 Å². The van der Waals surface area contributed by atoms with E-state index >= 15 is 0 Å². The molecule has 0 aliphatic carbocycles. The maximum Gasteiger partial charge on any atom is 0.257 e. The second-order valence-corrected chi connectivity index (χ2v) is 8.91. The molecule has 3 aliphatic heterocycles. The van der Waals surface area contributed by atoms with Gasteiger partial charge in [0.05, 0.1) is 24.1 Å². The molecule has 1 aromatic rings. The van der Waals surface area contributed by atoms with Crippen LogP contribution in [0.5, 0.6) is 5.75 Å². The van der Waals surface area contributed by atoms with Crippen molar-refractivity contribution >= 4 is 23.4 Å². The van der Waals surface area contributed by atoms with Gasteiger partial charge in [0, 0.05) is 38.4 Å². The molecule has 2 N–H and O–H groups in total. The minimum atomic E-state index is -0.312. The Labute approximate surface area is 194 Å². The maximum atomic E-state index is 13.3. The lowest BCUT2D eigenvalue weighted by atomic mass is 9.94. The van der Waals surface area contributed by atoms with Crippen LogP contribution in [0.25, 0.3) is 0 Å². The fraction of sp³-hybridized carbons (Fsp3) is 0.625. The number of carbonyl (C=O) groups excluding carboxylic acids is 3. The molecule has 33 heavy (non-hydrogen) atoms. The highest BCUT2D eigenvalue weighted by molar-refractivity contribution is 6.00. The summed E-state index contributed by atoms with van der Waals surface area (Å²) in [5, 5.41) is 5.75. The first kappa shape index (κ1) is 23.5. The first-order valence-corrected chi connectivity index (χ1v) is 11.8. The van der Waals surface area contributed by atoms with Crippen molar-refractivity contribution < 1.29 is 28.6 Å². The molecule has 0 saturated carbocycles. The summed E-state index contributed by atoms with van der Waals surface area (Å²) in [5.41, 5.74) is 1.000. The van der Waals surface area contributed by atoms with E-state index in [4.69, 9.17) is 14.2 Å². The minimum Gasteiger partial charge on any atom is -0.490 e. The highest BCUT2D eigenvalue weighted by Gasteiger charge is 2.39. The van der Waals surface area contributed by atoms with Crippen molar-refractivity contribution in [2.75, 3.05) is 38.7 Å². The van der Waals surface area contributed by atoms with Crippen LogP contribution in [-0.4, -0.2) is 74.3 Å². The SMILES string of the molecule is CCNC(=O)C[C@H]1CC[C@@H]2[C@@H](COc3ccc(NC(=O)C4CCOCC4)cc3C(=O)N2C)O1. The molecule has 0 aromatic heterocycles. The number of benzene rings is 1. The molecular weight excluding hydrogens is 426 g/mol. The predicted octanol–water partition coefficient (Wildman–Crippen LogP) is 1.96. The van der Waals surface area contributed by atoms with Gasteiger partial charge < -0.3 is 29.7 Å². The zero-order valence-corrected chi connectivity index (χ0v) is 19.3. The lowest BCUT2D eigenvalue weighted by molar-refractivity contribution is -0.134. The van der Waals surface area contributed by atoms with Gasteiger partial charge in [-0.3, -0.25) is 14.4 Å². The average Bonchev–Trinajstić information content (AvgIpc) is 2.82. The van der Waals surface area contributed by atoms with E-state index < -0.39 is 0 Å². The van der Waals surface area contributed by atoms with E-state index in [0.29, 0.717) is 62.4 Å². The van der Waals surface area contributed by atoms with E-state index in [0.717, 1.165) is 6.42 Å². The van der Waals surface area contributed by atoms with Crippen LogP contribution in [0.4, 0.5) is 5.69 Å². The summed E-state index contributed by atoms with van der Waals surface area (Å²) < 4.78 is 17.5. The Balaban J connectivity index is 1.46. The average molecular weight is 460 g/mol. The summed E-state index contributed by atoms with van der Waals surface area (Å²) in [5.74, 6) is 0.127. The smallest absolute Gasteiger partial charge is 0.257 e. The first-order valence-electron chi connectivity index (χ1n) is 11.8. The van der Waals surface area contributed by atoms with E-state index in [1.54, 1.807) is 30.1 Å². The number of amides is 3. The zero-order valence-electron chi connectivity index (χ0n) is 19.3. The molecule has 3 atom stereocenters. The van der Waals surface area contributed by atoms with Gasteiger partial charge >= 0.3 is 0 Å². The zero-order chi connectivity index (χ0) is 23.4. The lowest BCUT2D eigenvalue weighted by Gasteiger charge is -2.42. The maximum absolute atomic E-state index is 13.3. The summed E-state index contributed by atoms with van der Waals surface area (Å²) in [7, 11) is 1.77. The van der Waals surface area contributed by atoms with E-state index in [1.165, 1.54) is 0 Å². The molecule has 3 amide bonds. The molecule has 0 bridgehead atoms. The van der Waals surface area contributed by atoms with Gasteiger partial charge in [0.25, 0.3) is 5.91 Å². The van der Waals surface area contributed by atoms with Gasteiger partial charge in [0.15, 0.2) is 0 Å². The number of hydrogen-bond acceptors (Lipinski definition) is 6. The predicted molar refractivity (Wildman–Crippen MR) is 121 cm³/mol. The molecule has 9 heteroatoms. The number of rotatable bonds is 5. The molecule has 3 heterocycles. The second-order valence-electron chi connectivity index (χ2n) is 8.91. The number of hydrogen-bond donors (Lipinski definition) is 2. The lowest BCUT2D eigenvalue weighted by Crippen LogP contribution is -2.54. The van der Waals surface area contributed by atoms with Crippen LogP contribution in [0.3, 0.4) is 0 Å². The third-order valence-electron chi connectivity index (χ3n) is 6.66. The third kappa shape index (κ3) is 5.47. The largest absolute Gasteiger partial charge is 0.490 e. The Bertz CT molecular complexity index is 885. The molecule has 3 aliphatic rings. The molecule has 0 unspecified atom stereocenters. The quantitative estimate of drug-likeness (QED) is 0.697. The van der Waals surface area contributed by atoms with Crippen LogP contribution in [0, 0.1) is 5.92 Å². The van der Waals surface area contributed by atoms with Crippen molar-refractivity contribution in [3.05, 3.63) is 23.8 Å². The highest BCUT2D eigenvalue weighted by atomic mass is 16.5. The monoisotopic (exact) mass is 459 g/mol. The van der Waals surface area contributed by atoms with Crippen LogP contribution in [-0.2, 0) is 19.1 Å². The van der Waals surface area contributed by atoms with Crippen molar-refractivity contribution in [1.29, 1.82) is 0 Å². The number of anilines is 1. The van der Waals surface area contributed by atoms with E-state index in [-0.39, 0.29) is 48.5 Å². The van der Waals surface area contributed by atoms with Gasteiger partial charge in [-0.1, -0.05) is 0 Å². The minimum absolute atomic E-state index is 0.0298. The Hall–Kier alpha value is -2.65. The Kier molecular flexibility index (Phi) is 7.49. The van der Waals surface area contributed by atoms with Crippen molar-refractivity contribution in [1.82, 2.24) is 10.2 Å². The first-order chi connectivity index (χ1) is 16.0. The fourth-order valence-corrected chi connectivity index (χ4v) is 4.79. The number of nitrogens with zero attached hydrogens (tertiary/aromatic N) is 1. The summed E-state index contributed by atoms with van der Waals surface area (Å²) in [6, 6.07) is 5.02. The standard InChI is InChI=1S/C24H33N3O6/c1-3-25-22(28)13-17-5-6-19-21(33-17)14-32-20-7-4-16(12-18(20)24(30)27(19)2)26-23(29)15-8-10-31-11-9-15/h4,7,12,15,17,19,21H,3,5-6,8-11,13-14H2,1-2H3,(H,25,28)(H,26,29)/t17-,19-,21-/m1/s1. The van der Waals surface area contributed by atoms with Crippen LogP contribution >= 0.6 is 0 Å². The normalized spacial score (nSPS) is 25.7. The summed E-state index contributed by atoms with van der Waals surface area (Å²) in [6.07, 6.45) is 2.64. The molecule has 4 rings (SSSR count). The van der Waals surface area contributed by atoms with Crippen molar-refractivity contribution in [2.45, 2.75) is 57.3 Å². The van der Waals surface area contributed by atoms with Crippen LogP contribution in [0.1, 0.15) is 49.4 Å².